The van der Waals surface area contributed by atoms with Crippen molar-refractivity contribution in [3.05, 3.63) is 69.3 Å². The van der Waals surface area contributed by atoms with Crippen molar-refractivity contribution in [2.45, 2.75) is 19.0 Å². The first-order valence-electron chi connectivity index (χ1n) is 8.70. The Labute approximate surface area is 171 Å². The van der Waals surface area contributed by atoms with Crippen molar-refractivity contribution in [2.75, 3.05) is 18.6 Å². The number of ketones is 1. The van der Waals surface area contributed by atoms with Crippen molar-refractivity contribution in [3.63, 3.8) is 0 Å². The Morgan fingerprint density at radius 2 is 1.90 bits per heavy atom. The molecule has 1 aromatic carbocycles. The lowest BCUT2D eigenvalue weighted by Crippen LogP contribution is -2.11. The molecule has 0 radical (unpaired) electrons. The molecule has 0 saturated heterocycles. The molecule has 0 saturated carbocycles. The van der Waals surface area contributed by atoms with E-state index in [2.05, 4.69) is 9.97 Å². The van der Waals surface area contributed by atoms with Crippen LogP contribution in [0.2, 0.25) is 0 Å². The number of rotatable bonds is 6. The van der Waals surface area contributed by atoms with Crippen LogP contribution in [0.15, 0.2) is 46.3 Å². The fourth-order valence-electron chi connectivity index (χ4n) is 3.04. The van der Waals surface area contributed by atoms with E-state index in [-0.39, 0.29) is 22.9 Å². The normalized spacial score (nSPS) is 10.7. The average Bonchev–Trinajstić information content (AvgIpc) is 2.99. The number of ether oxygens (including phenoxy) is 1. The van der Waals surface area contributed by atoms with Crippen molar-refractivity contribution in [3.8, 4) is 5.69 Å². The van der Waals surface area contributed by atoms with E-state index >= 15 is 0 Å². The SMILES string of the molecule is COC(=O)c1ccc(-n2c(C)cc(C(=O)CSc3nc(N)cc(=O)[nH]3)c2C)cc1. The molecule has 0 amide bonds. The highest BCUT2D eigenvalue weighted by Gasteiger charge is 2.18. The standard InChI is InChI=1S/C20H20N4O4S/c1-11-8-15(16(25)10-29-20-22-17(21)9-18(26)23-20)12(2)24(11)14-6-4-13(5-7-14)19(27)28-3/h4-9H,10H2,1-3H3,(H3,21,22,23,26). The number of carbonyl (C=O) groups is 2. The van der Waals surface area contributed by atoms with E-state index in [0.29, 0.717) is 16.3 Å². The van der Waals surface area contributed by atoms with E-state index in [1.165, 1.54) is 13.2 Å². The molecule has 29 heavy (non-hydrogen) atoms. The molecule has 0 aliphatic heterocycles. The molecule has 3 aromatic rings. The highest BCUT2D eigenvalue weighted by atomic mass is 32.2. The van der Waals surface area contributed by atoms with E-state index in [0.717, 1.165) is 28.8 Å². The minimum absolute atomic E-state index is 0.0920. The molecule has 3 N–H and O–H groups in total. The molecular weight excluding hydrogens is 392 g/mol. The third kappa shape index (κ3) is 4.40. The zero-order chi connectivity index (χ0) is 21.1. The monoisotopic (exact) mass is 412 g/mol. The zero-order valence-corrected chi connectivity index (χ0v) is 17.0. The van der Waals surface area contributed by atoms with Gasteiger partial charge in [-0.25, -0.2) is 9.78 Å². The van der Waals surface area contributed by atoms with Crippen molar-refractivity contribution in [1.82, 2.24) is 14.5 Å². The summed E-state index contributed by atoms with van der Waals surface area (Å²) in [6.07, 6.45) is 0. The Kier molecular flexibility index (Phi) is 5.88. The van der Waals surface area contributed by atoms with Gasteiger partial charge in [-0.3, -0.25) is 9.59 Å². The molecule has 150 valence electrons. The number of thioether (sulfide) groups is 1. The number of anilines is 1. The number of carbonyl (C=O) groups excluding carboxylic acids is 2. The topological polar surface area (TPSA) is 120 Å². The first-order valence-corrected chi connectivity index (χ1v) is 9.69. The van der Waals surface area contributed by atoms with Gasteiger partial charge in [-0.15, -0.1) is 0 Å². The Bertz CT molecular complexity index is 1130. The predicted octanol–water partition coefficient (Wildman–Crippen LogP) is 2.52. The van der Waals surface area contributed by atoms with Crippen LogP contribution in [0.1, 0.15) is 32.1 Å². The van der Waals surface area contributed by atoms with Gasteiger partial charge in [-0.1, -0.05) is 11.8 Å². The van der Waals surface area contributed by atoms with Crippen molar-refractivity contribution < 1.29 is 14.3 Å². The fourth-order valence-corrected chi connectivity index (χ4v) is 3.81. The van der Waals surface area contributed by atoms with Crippen molar-refractivity contribution in [1.29, 1.82) is 0 Å². The lowest BCUT2D eigenvalue weighted by atomic mass is 10.2. The van der Waals surface area contributed by atoms with Crippen LogP contribution in [-0.2, 0) is 4.74 Å². The predicted molar refractivity (Wildman–Crippen MR) is 111 cm³/mol. The van der Waals surface area contributed by atoms with Gasteiger partial charge in [0.1, 0.15) is 5.82 Å². The second kappa shape index (κ2) is 8.36. The van der Waals surface area contributed by atoms with Gasteiger partial charge in [0.2, 0.25) is 0 Å². The number of hydrogen-bond acceptors (Lipinski definition) is 7. The fraction of sp³-hybridized carbons (Fsp3) is 0.200. The summed E-state index contributed by atoms with van der Waals surface area (Å²) in [5, 5.41) is 0.301. The third-order valence-corrected chi connectivity index (χ3v) is 5.23. The molecule has 0 fully saturated rings. The molecule has 0 atom stereocenters. The second-order valence-corrected chi connectivity index (χ2v) is 7.31. The maximum atomic E-state index is 12.7. The van der Waals surface area contributed by atoms with Crippen molar-refractivity contribution >= 4 is 29.3 Å². The Morgan fingerprint density at radius 1 is 1.21 bits per heavy atom. The minimum atomic E-state index is -0.404. The van der Waals surface area contributed by atoms with Crippen LogP contribution in [0.4, 0.5) is 5.82 Å². The third-order valence-electron chi connectivity index (χ3n) is 4.36. The summed E-state index contributed by atoms with van der Waals surface area (Å²) in [5.74, 6) is -0.278. The number of aryl methyl sites for hydroxylation is 1. The summed E-state index contributed by atoms with van der Waals surface area (Å²) in [7, 11) is 1.33. The summed E-state index contributed by atoms with van der Waals surface area (Å²) in [6, 6.07) is 9.97. The number of benzene rings is 1. The number of nitrogen functional groups attached to an aromatic ring is 1. The van der Waals surface area contributed by atoms with Gasteiger partial charge in [0.25, 0.3) is 5.56 Å². The number of nitrogens with two attached hydrogens (primary N) is 1. The molecule has 3 rings (SSSR count). The average molecular weight is 412 g/mol. The number of Topliss-reactive ketones (excluding diaryl/α,β-unsaturated/α-hetero) is 1. The quantitative estimate of drug-likeness (QED) is 0.276. The van der Waals surface area contributed by atoms with Gasteiger partial charge < -0.3 is 20.0 Å². The van der Waals surface area contributed by atoms with E-state index in [1.807, 2.05) is 24.5 Å². The summed E-state index contributed by atoms with van der Waals surface area (Å²) < 4.78 is 6.66. The maximum Gasteiger partial charge on any atom is 0.337 e. The Hall–Kier alpha value is -3.33. The summed E-state index contributed by atoms with van der Waals surface area (Å²) in [4.78, 5) is 42.4. The van der Waals surface area contributed by atoms with Gasteiger partial charge in [0.15, 0.2) is 10.9 Å². The van der Waals surface area contributed by atoms with E-state index in [1.54, 1.807) is 24.3 Å². The number of nitrogens with one attached hydrogen (secondary N) is 1. The molecule has 8 nitrogen and oxygen atoms in total. The first kappa shape index (κ1) is 20.4. The molecule has 2 aromatic heterocycles. The van der Waals surface area contributed by atoms with E-state index in [9.17, 15) is 14.4 Å². The molecule has 0 unspecified atom stereocenters. The highest BCUT2D eigenvalue weighted by molar-refractivity contribution is 7.99. The van der Waals surface area contributed by atoms with Crippen LogP contribution in [0.5, 0.6) is 0 Å². The van der Waals surface area contributed by atoms with Gasteiger partial charge in [0.05, 0.1) is 18.4 Å². The number of aromatic amines is 1. The van der Waals surface area contributed by atoms with E-state index in [4.69, 9.17) is 10.5 Å². The molecule has 9 heteroatoms. The van der Waals surface area contributed by atoms with Crippen LogP contribution in [-0.4, -0.2) is 39.2 Å². The van der Waals surface area contributed by atoms with E-state index < -0.39 is 5.97 Å². The van der Waals surface area contributed by atoms with Gasteiger partial charge >= 0.3 is 5.97 Å². The zero-order valence-electron chi connectivity index (χ0n) is 16.2. The number of methoxy groups -OCH3 is 1. The van der Waals surface area contributed by atoms with Gasteiger partial charge in [-0.2, -0.15) is 0 Å². The number of H-pyrrole nitrogens is 1. The Morgan fingerprint density at radius 3 is 2.52 bits per heavy atom. The minimum Gasteiger partial charge on any atom is -0.465 e. The lowest BCUT2D eigenvalue weighted by molar-refractivity contribution is 0.0600. The van der Waals surface area contributed by atoms with Crippen LogP contribution >= 0.6 is 11.8 Å². The molecule has 0 aliphatic carbocycles. The summed E-state index contributed by atoms with van der Waals surface area (Å²) in [6.45, 7) is 3.77. The van der Waals surface area contributed by atoms with Crippen LogP contribution in [0.3, 0.4) is 0 Å². The maximum absolute atomic E-state index is 12.7. The Balaban J connectivity index is 1.82. The number of aromatic nitrogens is 3. The molecule has 0 bridgehead atoms. The largest absolute Gasteiger partial charge is 0.465 e. The summed E-state index contributed by atoms with van der Waals surface area (Å²) in [5.41, 5.74) is 8.75. The summed E-state index contributed by atoms with van der Waals surface area (Å²) >= 11 is 1.12. The molecule has 0 aliphatic rings. The molecule has 2 heterocycles. The van der Waals surface area contributed by atoms with Crippen LogP contribution < -0.4 is 11.3 Å². The van der Waals surface area contributed by atoms with Crippen LogP contribution in [0.25, 0.3) is 5.69 Å². The smallest absolute Gasteiger partial charge is 0.337 e. The van der Waals surface area contributed by atoms with Gasteiger partial charge in [-0.05, 0) is 44.2 Å². The van der Waals surface area contributed by atoms with Gasteiger partial charge in [0, 0.05) is 28.7 Å². The van der Waals surface area contributed by atoms with Crippen molar-refractivity contribution in [2.24, 2.45) is 0 Å². The lowest BCUT2D eigenvalue weighted by Gasteiger charge is -2.10. The molecular formula is C20H20N4O4S. The molecule has 0 spiro atoms. The van der Waals surface area contributed by atoms with Crippen LogP contribution in [0, 0.1) is 13.8 Å². The number of nitrogens with zero attached hydrogens (tertiary/aromatic N) is 2. The highest BCUT2D eigenvalue weighted by Crippen LogP contribution is 2.23. The number of esters is 1. The number of hydrogen-bond donors (Lipinski definition) is 2. The first-order chi connectivity index (χ1) is 13.8. The second-order valence-electron chi connectivity index (χ2n) is 6.35.